The standard InChI is InChI=1S/C8H12N2OS/c1-5-2-6(3-11-5)7-4-12-8(9)10-7/h4-6H,2-3H2,1H3,(H2,9,10). The zero-order valence-electron chi connectivity index (χ0n) is 6.99. The first-order valence-electron chi connectivity index (χ1n) is 4.08. The van der Waals surface area contributed by atoms with Crippen molar-refractivity contribution in [2.24, 2.45) is 0 Å². The molecule has 2 unspecified atom stereocenters. The average molecular weight is 184 g/mol. The van der Waals surface area contributed by atoms with Crippen molar-refractivity contribution < 1.29 is 4.74 Å². The second-order valence-corrected chi connectivity index (χ2v) is 4.08. The highest BCUT2D eigenvalue weighted by atomic mass is 32.1. The van der Waals surface area contributed by atoms with Crippen molar-refractivity contribution in [3.63, 3.8) is 0 Å². The van der Waals surface area contributed by atoms with E-state index in [2.05, 4.69) is 11.9 Å². The van der Waals surface area contributed by atoms with Crippen LogP contribution in [0.1, 0.15) is 25.0 Å². The van der Waals surface area contributed by atoms with Crippen LogP contribution in [0, 0.1) is 0 Å². The van der Waals surface area contributed by atoms with Gasteiger partial charge in [0, 0.05) is 11.3 Å². The van der Waals surface area contributed by atoms with Crippen LogP contribution in [0.15, 0.2) is 5.38 Å². The van der Waals surface area contributed by atoms with E-state index in [1.54, 1.807) is 0 Å². The lowest BCUT2D eigenvalue weighted by molar-refractivity contribution is 0.123. The van der Waals surface area contributed by atoms with Gasteiger partial charge in [-0.25, -0.2) is 4.98 Å². The minimum Gasteiger partial charge on any atom is -0.378 e. The highest BCUT2D eigenvalue weighted by Crippen LogP contribution is 2.30. The third-order valence-electron chi connectivity index (χ3n) is 2.16. The number of thiazole rings is 1. The summed E-state index contributed by atoms with van der Waals surface area (Å²) in [7, 11) is 0. The predicted octanol–water partition coefficient (Wildman–Crippen LogP) is 1.62. The first-order valence-corrected chi connectivity index (χ1v) is 4.96. The molecule has 0 spiro atoms. The second-order valence-electron chi connectivity index (χ2n) is 3.19. The molecule has 0 saturated carbocycles. The molecule has 2 rings (SSSR count). The quantitative estimate of drug-likeness (QED) is 0.721. The fraction of sp³-hybridized carbons (Fsp3) is 0.625. The van der Waals surface area contributed by atoms with E-state index < -0.39 is 0 Å². The van der Waals surface area contributed by atoms with E-state index in [0.29, 0.717) is 17.2 Å². The van der Waals surface area contributed by atoms with Crippen molar-refractivity contribution in [3.8, 4) is 0 Å². The first-order chi connectivity index (χ1) is 5.75. The summed E-state index contributed by atoms with van der Waals surface area (Å²) >= 11 is 1.50. The number of hydrogen-bond donors (Lipinski definition) is 1. The molecule has 2 N–H and O–H groups in total. The van der Waals surface area contributed by atoms with Gasteiger partial charge in [-0.05, 0) is 13.3 Å². The SMILES string of the molecule is CC1CC(c2csc(N)n2)CO1. The summed E-state index contributed by atoms with van der Waals surface area (Å²) in [5, 5.41) is 2.69. The van der Waals surface area contributed by atoms with Gasteiger partial charge in [0.05, 0.1) is 18.4 Å². The van der Waals surface area contributed by atoms with Gasteiger partial charge < -0.3 is 10.5 Å². The summed E-state index contributed by atoms with van der Waals surface area (Å²) < 4.78 is 5.45. The second kappa shape index (κ2) is 3.03. The third kappa shape index (κ3) is 1.44. The van der Waals surface area contributed by atoms with E-state index in [0.717, 1.165) is 18.7 Å². The molecule has 2 atom stereocenters. The molecule has 0 amide bonds. The number of anilines is 1. The Labute approximate surface area is 75.6 Å². The monoisotopic (exact) mass is 184 g/mol. The summed E-state index contributed by atoms with van der Waals surface area (Å²) in [5.74, 6) is 0.466. The normalized spacial score (nSPS) is 29.4. The molecule has 0 bridgehead atoms. The van der Waals surface area contributed by atoms with Gasteiger partial charge in [-0.1, -0.05) is 0 Å². The van der Waals surface area contributed by atoms with Gasteiger partial charge in [-0.2, -0.15) is 0 Å². The topological polar surface area (TPSA) is 48.1 Å². The summed E-state index contributed by atoms with van der Waals surface area (Å²) in [6.45, 7) is 2.89. The van der Waals surface area contributed by atoms with Crippen molar-refractivity contribution in [1.82, 2.24) is 4.98 Å². The maximum absolute atomic E-state index is 5.55. The van der Waals surface area contributed by atoms with Crippen molar-refractivity contribution in [1.29, 1.82) is 0 Å². The van der Waals surface area contributed by atoms with Gasteiger partial charge in [-0.15, -0.1) is 11.3 Å². The van der Waals surface area contributed by atoms with Crippen molar-refractivity contribution in [2.75, 3.05) is 12.3 Å². The molecule has 1 aliphatic heterocycles. The average Bonchev–Trinajstić information content (AvgIpc) is 2.58. The predicted molar refractivity (Wildman–Crippen MR) is 49.3 cm³/mol. The molecule has 1 aliphatic rings. The van der Waals surface area contributed by atoms with Crippen LogP contribution in [0.4, 0.5) is 5.13 Å². The van der Waals surface area contributed by atoms with Gasteiger partial charge in [-0.3, -0.25) is 0 Å². The maximum Gasteiger partial charge on any atom is 0.180 e. The van der Waals surface area contributed by atoms with E-state index >= 15 is 0 Å². The van der Waals surface area contributed by atoms with Crippen LogP contribution in [0.25, 0.3) is 0 Å². The van der Waals surface area contributed by atoms with Crippen LogP contribution in [-0.4, -0.2) is 17.7 Å². The van der Waals surface area contributed by atoms with Crippen molar-refractivity contribution in [2.45, 2.75) is 25.4 Å². The van der Waals surface area contributed by atoms with E-state index in [1.165, 1.54) is 11.3 Å². The lowest BCUT2D eigenvalue weighted by atomic mass is 10.0. The van der Waals surface area contributed by atoms with Crippen LogP contribution in [0.2, 0.25) is 0 Å². The molecule has 1 saturated heterocycles. The summed E-state index contributed by atoms with van der Waals surface area (Å²) in [6.07, 6.45) is 1.45. The number of rotatable bonds is 1. The largest absolute Gasteiger partial charge is 0.378 e. The molecule has 0 aromatic carbocycles. The van der Waals surface area contributed by atoms with Crippen molar-refractivity contribution >= 4 is 16.5 Å². The van der Waals surface area contributed by atoms with Gasteiger partial charge in [0.25, 0.3) is 0 Å². The molecule has 4 heteroatoms. The maximum atomic E-state index is 5.55. The van der Waals surface area contributed by atoms with Crippen LogP contribution in [-0.2, 0) is 4.74 Å². The Morgan fingerprint density at radius 2 is 2.58 bits per heavy atom. The number of hydrogen-bond acceptors (Lipinski definition) is 4. The first kappa shape index (κ1) is 8.01. The van der Waals surface area contributed by atoms with E-state index in [4.69, 9.17) is 10.5 Å². The Balaban J connectivity index is 2.11. The van der Waals surface area contributed by atoms with Crippen LogP contribution in [0.3, 0.4) is 0 Å². The molecule has 1 aromatic rings. The highest BCUT2D eigenvalue weighted by molar-refractivity contribution is 7.13. The molecule has 0 radical (unpaired) electrons. The smallest absolute Gasteiger partial charge is 0.180 e. The molecular formula is C8H12N2OS. The summed E-state index contributed by atoms with van der Waals surface area (Å²) in [6, 6.07) is 0. The Hall–Kier alpha value is -0.610. The minimum atomic E-state index is 0.373. The number of nitrogens with zero attached hydrogens (tertiary/aromatic N) is 1. The molecule has 1 aromatic heterocycles. The van der Waals surface area contributed by atoms with E-state index in [-0.39, 0.29) is 0 Å². The number of ether oxygens (including phenoxy) is 1. The molecule has 2 heterocycles. The molecule has 3 nitrogen and oxygen atoms in total. The number of nitrogens with two attached hydrogens (primary N) is 1. The highest BCUT2D eigenvalue weighted by Gasteiger charge is 2.25. The lowest BCUT2D eigenvalue weighted by Crippen LogP contribution is -1.98. The zero-order chi connectivity index (χ0) is 8.55. The molecular weight excluding hydrogens is 172 g/mol. The fourth-order valence-electron chi connectivity index (χ4n) is 1.51. The van der Waals surface area contributed by atoms with Crippen LogP contribution < -0.4 is 5.73 Å². The Bertz CT molecular complexity index is 274. The Kier molecular flexibility index (Phi) is 2.02. The van der Waals surface area contributed by atoms with Gasteiger partial charge in [0.2, 0.25) is 0 Å². The van der Waals surface area contributed by atoms with Gasteiger partial charge in [0.1, 0.15) is 0 Å². The van der Waals surface area contributed by atoms with Gasteiger partial charge >= 0.3 is 0 Å². The summed E-state index contributed by atoms with van der Waals surface area (Å²) in [4.78, 5) is 4.24. The summed E-state index contributed by atoms with van der Waals surface area (Å²) in [5.41, 5.74) is 6.65. The van der Waals surface area contributed by atoms with Crippen LogP contribution in [0.5, 0.6) is 0 Å². The van der Waals surface area contributed by atoms with E-state index in [9.17, 15) is 0 Å². The molecule has 1 fully saturated rings. The molecule has 66 valence electrons. The molecule has 0 aliphatic carbocycles. The number of nitrogen functional groups attached to an aromatic ring is 1. The minimum absolute atomic E-state index is 0.373. The van der Waals surface area contributed by atoms with Crippen molar-refractivity contribution in [3.05, 3.63) is 11.1 Å². The van der Waals surface area contributed by atoms with Gasteiger partial charge in [0.15, 0.2) is 5.13 Å². The number of aromatic nitrogens is 1. The third-order valence-corrected chi connectivity index (χ3v) is 2.85. The van der Waals surface area contributed by atoms with E-state index in [1.807, 2.05) is 5.38 Å². The zero-order valence-corrected chi connectivity index (χ0v) is 7.80. The molecule has 12 heavy (non-hydrogen) atoms. The fourth-order valence-corrected chi connectivity index (χ4v) is 2.16. The van der Waals surface area contributed by atoms with Crippen LogP contribution >= 0.6 is 11.3 Å². The Morgan fingerprint density at radius 1 is 1.75 bits per heavy atom. The lowest BCUT2D eigenvalue weighted by Gasteiger charge is -2.01. The Morgan fingerprint density at radius 3 is 3.08 bits per heavy atom.